The Bertz CT molecular complexity index is 1570. The van der Waals surface area contributed by atoms with Gasteiger partial charge in [0.2, 0.25) is 11.8 Å². The van der Waals surface area contributed by atoms with E-state index in [2.05, 4.69) is 15.4 Å². The highest BCUT2D eigenvalue weighted by atomic mass is 16.5. The SMILES string of the molecule is Cc1noc(-c2ccc(-c3ccc(C4(C(=O)O)CC4)cc3)cc2)c1C(O)c1nnc(-c2ccccc2)o1. The van der Waals surface area contributed by atoms with Crippen molar-refractivity contribution in [3.63, 3.8) is 0 Å². The fourth-order valence-electron chi connectivity index (χ4n) is 4.62. The number of carboxylic acids is 1. The number of benzene rings is 3. The van der Waals surface area contributed by atoms with E-state index >= 15 is 0 Å². The molecule has 3 aromatic carbocycles. The second kappa shape index (κ2) is 8.83. The number of carbonyl (C=O) groups is 1. The van der Waals surface area contributed by atoms with Gasteiger partial charge in [-0.1, -0.05) is 71.9 Å². The van der Waals surface area contributed by atoms with Crippen molar-refractivity contribution < 1.29 is 23.9 Å². The molecule has 0 bridgehead atoms. The van der Waals surface area contributed by atoms with Gasteiger partial charge in [-0.15, -0.1) is 10.2 Å². The number of aliphatic hydroxyl groups is 1. The summed E-state index contributed by atoms with van der Waals surface area (Å²) < 4.78 is 11.3. The number of aryl methyl sites for hydroxylation is 1. The molecule has 37 heavy (non-hydrogen) atoms. The zero-order valence-electron chi connectivity index (χ0n) is 20.0. The highest BCUT2D eigenvalue weighted by Crippen LogP contribution is 2.48. The van der Waals surface area contributed by atoms with E-state index in [9.17, 15) is 15.0 Å². The molecule has 1 unspecified atom stereocenters. The van der Waals surface area contributed by atoms with E-state index < -0.39 is 17.5 Å². The summed E-state index contributed by atoms with van der Waals surface area (Å²) in [5.41, 5.74) is 4.55. The predicted molar refractivity (Wildman–Crippen MR) is 134 cm³/mol. The van der Waals surface area contributed by atoms with Crippen molar-refractivity contribution >= 4 is 5.97 Å². The number of aromatic nitrogens is 3. The van der Waals surface area contributed by atoms with Crippen molar-refractivity contribution in [3.8, 4) is 33.9 Å². The molecule has 0 aliphatic heterocycles. The number of aliphatic carboxylic acids is 1. The van der Waals surface area contributed by atoms with Crippen LogP contribution < -0.4 is 0 Å². The molecule has 5 aromatic rings. The summed E-state index contributed by atoms with van der Waals surface area (Å²) in [7, 11) is 0. The van der Waals surface area contributed by atoms with Crippen LogP contribution in [0.15, 0.2) is 87.8 Å². The Kier molecular flexibility index (Phi) is 5.46. The van der Waals surface area contributed by atoms with Gasteiger partial charge in [-0.05, 0) is 48.6 Å². The van der Waals surface area contributed by atoms with Crippen molar-refractivity contribution in [2.75, 3.05) is 0 Å². The fourth-order valence-corrected chi connectivity index (χ4v) is 4.62. The Hall–Kier alpha value is -4.56. The second-order valence-corrected chi connectivity index (χ2v) is 9.27. The van der Waals surface area contributed by atoms with Crippen molar-refractivity contribution in [1.29, 1.82) is 0 Å². The minimum atomic E-state index is -1.21. The van der Waals surface area contributed by atoms with Gasteiger partial charge in [0.15, 0.2) is 11.9 Å². The van der Waals surface area contributed by atoms with Gasteiger partial charge >= 0.3 is 5.97 Å². The van der Waals surface area contributed by atoms with Crippen LogP contribution >= 0.6 is 0 Å². The third-order valence-corrected chi connectivity index (χ3v) is 6.95. The third-order valence-electron chi connectivity index (χ3n) is 6.95. The molecule has 0 radical (unpaired) electrons. The van der Waals surface area contributed by atoms with Gasteiger partial charge < -0.3 is 19.2 Å². The van der Waals surface area contributed by atoms with Crippen LogP contribution in [0, 0.1) is 6.92 Å². The number of hydrogen-bond acceptors (Lipinski definition) is 7. The summed E-state index contributed by atoms with van der Waals surface area (Å²) in [5.74, 6) is 0.0276. The molecule has 184 valence electrons. The maximum absolute atomic E-state index is 11.6. The molecule has 0 amide bonds. The van der Waals surface area contributed by atoms with E-state index in [4.69, 9.17) is 8.94 Å². The van der Waals surface area contributed by atoms with Crippen LogP contribution in [0.4, 0.5) is 0 Å². The molecule has 2 N–H and O–H groups in total. The first-order valence-electron chi connectivity index (χ1n) is 11.9. The summed E-state index contributed by atoms with van der Waals surface area (Å²) >= 11 is 0. The second-order valence-electron chi connectivity index (χ2n) is 9.27. The van der Waals surface area contributed by atoms with Gasteiger partial charge in [-0.2, -0.15) is 0 Å². The summed E-state index contributed by atoms with van der Waals surface area (Å²) in [6.45, 7) is 1.75. The van der Waals surface area contributed by atoms with Crippen LogP contribution in [0.25, 0.3) is 33.9 Å². The number of carboxylic acid groups (broad SMARTS) is 1. The van der Waals surface area contributed by atoms with Gasteiger partial charge in [-0.25, -0.2) is 0 Å². The molecular weight excluding hydrogens is 470 g/mol. The Morgan fingerprint density at radius 3 is 2.11 bits per heavy atom. The molecule has 0 spiro atoms. The lowest BCUT2D eigenvalue weighted by atomic mass is 9.93. The average Bonchev–Trinajstić information content (AvgIpc) is 3.44. The van der Waals surface area contributed by atoms with Crippen molar-refractivity contribution in [2.24, 2.45) is 0 Å². The molecule has 1 fully saturated rings. The number of nitrogens with zero attached hydrogens (tertiary/aromatic N) is 3. The van der Waals surface area contributed by atoms with Crippen LogP contribution in [0.3, 0.4) is 0 Å². The molecule has 2 aromatic heterocycles. The summed E-state index contributed by atoms with van der Waals surface area (Å²) in [5, 5.41) is 32.8. The van der Waals surface area contributed by atoms with Gasteiger partial charge in [0.05, 0.1) is 16.7 Å². The average molecular weight is 494 g/mol. The topological polar surface area (TPSA) is 122 Å². The van der Waals surface area contributed by atoms with Gasteiger partial charge in [0.25, 0.3) is 0 Å². The van der Waals surface area contributed by atoms with E-state index in [1.807, 2.05) is 78.9 Å². The molecule has 8 heteroatoms. The maximum Gasteiger partial charge on any atom is 0.314 e. The van der Waals surface area contributed by atoms with E-state index in [1.54, 1.807) is 6.92 Å². The van der Waals surface area contributed by atoms with Crippen molar-refractivity contribution in [1.82, 2.24) is 15.4 Å². The summed E-state index contributed by atoms with van der Waals surface area (Å²) in [6, 6.07) is 24.7. The Morgan fingerprint density at radius 2 is 1.49 bits per heavy atom. The molecule has 1 aliphatic rings. The number of rotatable bonds is 7. The smallest absolute Gasteiger partial charge is 0.314 e. The molecule has 1 atom stereocenters. The summed E-state index contributed by atoms with van der Waals surface area (Å²) in [4.78, 5) is 11.6. The minimum Gasteiger partial charge on any atom is -0.481 e. The van der Waals surface area contributed by atoms with Crippen LogP contribution in [0.5, 0.6) is 0 Å². The number of hydrogen-bond donors (Lipinski definition) is 2. The summed E-state index contributed by atoms with van der Waals surface area (Å²) in [6.07, 6.45) is 0.152. The monoisotopic (exact) mass is 493 g/mol. The van der Waals surface area contributed by atoms with Crippen molar-refractivity contribution in [3.05, 3.63) is 102 Å². The first kappa shape index (κ1) is 22.9. The predicted octanol–water partition coefficient (Wildman–Crippen LogP) is 5.56. The standard InChI is InChI=1S/C29H23N3O5/c1-17-23(24(33)27-31-30-26(36-27)21-5-3-2-4-6-21)25(37-32-17)20-9-7-18(8-10-20)19-11-13-22(14-12-19)29(15-16-29)28(34)35/h2-14,24,33H,15-16H2,1H3,(H,34,35). The third kappa shape index (κ3) is 4.01. The Labute approximate surface area is 212 Å². The Morgan fingerprint density at radius 1 is 0.865 bits per heavy atom. The van der Waals surface area contributed by atoms with Crippen LogP contribution in [-0.4, -0.2) is 31.5 Å². The van der Waals surface area contributed by atoms with Crippen LogP contribution in [0.1, 0.15) is 41.7 Å². The van der Waals surface area contributed by atoms with Gasteiger partial charge in [-0.3, -0.25) is 4.79 Å². The minimum absolute atomic E-state index is 0.0536. The molecule has 2 heterocycles. The van der Waals surface area contributed by atoms with Gasteiger partial charge in [0.1, 0.15) is 0 Å². The maximum atomic E-state index is 11.6. The van der Waals surface area contributed by atoms with Crippen LogP contribution in [0.2, 0.25) is 0 Å². The highest BCUT2D eigenvalue weighted by molar-refractivity contribution is 5.85. The highest BCUT2D eigenvalue weighted by Gasteiger charge is 2.51. The lowest BCUT2D eigenvalue weighted by molar-refractivity contribution is -0.140. The van der Waals surface area contributed by atoms with E-state index in [-0.39, 0.29) is 5.89 Å². The van der Waals surface area contributed by atoms with Gasteiger partial charge in [0, 0.05) is 11.1 Å². The zero-order valence-corrected chi connectivity index (χ0v) is 20.0. The van der Waals surface area contributed by atoms with E-state index in [1.165, 1.54) is 0 Å². The van der Waals surface area contributed by atoms with E-state index in [0.29, 0.717) is 35.7 Å². The quantitative estimate of drug-likeness (QED) is 0.302. The number of aliphatic hydroxyl groups excluding tert-OH is 1. The lowest BCUT2D eigenvalue weighted by Crippen LogP contribution is -2.19. The largest absolute Gasteiger partial charge is 0.481 e. The molecule has 0 saturated heterocycles. The molecular formula is C29H23N3O5. The molecule has 8 nitrogen and oxygen atoms in total. The Balaban J connectivity index is 1.26. The molecule has 1 saturated carbocycles. The first-order chi connectivity index (χ1) is 18.0. The van der Waals surface area contributed by atoms with E-state index in [0.717, 1.165) is 27.8 Å². The van der Waals surface area contributed by atoms with Crippen LogP contribution in [-0.2, 0) is 10.2 Å². The zero-order chi connectivity index (χ0) is 25.6. The lowest BCUT2D eigenvalue weighted by Gasteiger charge is -2.11. The fraction of sp³-hybridized carbons (Fsp3) is 0.172. The first-order valence-corrected chi connectivity index (χ1v) is 11.9. The van der Waals surface area contributed by atoms with Crippen molar-refractivity contribution in [2.45, 2.75) is 31.3 Å². The normalized spacial score (nSPS) is 14.9. The molecule has 1 aliphatic carbocycles. The molecule has 6 rings (SSSR count).